The van der Waals surface area contributed by atoms with Crippen molar-refractivity contribution in [2.75, 3.05) is 12.0 Å². The number of anilines is 1. The fourth-order valence-electron chi connectivity index (χ4n) is 1.86. The van der Waals surface area contributed by atoms with Gasteiger partial charge in [0.2, 0.25) is 0 Å². The van der Waals surface area contributed by atoms with Gasteiger partial charge in [0.15, 0.2) is 0 Å². The average Bonchev–Trinajstić information content (AvgIpc) is 2.56. The molecule has 0 radical (unpaired) electrons. The zero-order valence-electron chi connectivity index (χ0n) is 13.3. The van der Waals surface area contributed by atoms with Gasteiger partial charge in [-0.1, -0.05) is 13.3 Å². The summed E-state index contributed by atoms with van der Waals surface area (Å²) in [7, 11) is -4.42. The number of benzene rings is 2. The molecule has 2 rings (SSSR count). The molecular formula is C17H19N2O4S-. The summed E-state index contributed by atoms with van der Waals surface area (Å²) >= 11 is 0. The number of rotatable bonds is 8. The second-order valence-corrected chi connectivity index (χ2v) is 6.50. The Morgan fingerprint density at radius 3 is 2.38 bits per heavy atom. The zero-order chi connectivity index (χ0) is 17.4. The smallest absolute Gasteiger partial charge is 0.124 e. The van der Waals surface area contributed by atoms with Gasteiger partial charge >= 0.3 is 0 Å². The Bertz CT molecular complexity index is 769. The molecule has 2 aromatic carbocycles. The molecule has 24 heavy (non-hydrogen) atoms. The number of nitrogens with one attached hydrogen (secondary N) is 1. The van der Waals surface area contributed by atoms with Crippen LogP contribution >= 0.6 is 0 Å². The van der Waals surface area contributed by atoms with Crippen molar-refractivity contribution in [3.05, 3.63) is 54.1 Å². The maximum atomic E-state index is 10.8. The summed E-state index contributed by atoms with van der Waals surface area (Å²) in [5.74, 6) is 0.822. The van der Waals surface area contributed by atoms with E-state index in [0.717, 1.165) is 24.2 Å². The van der Waals surface area contributed by atoms with Gasteiger partial charge in [-0.2, -0.15) is 5.10 Å². The molecule has 0 fully saturated rings. The molecule has 0 spiro atoms. The summed E-state index contributed by atoms with van der Waals surface area (Å²) in [6, 6.07) is 13.0. The Labute approximate surface area is 141 Å². The first-order valence-electron chi connectivity index (χ1n) is 7.57. The maximum Gasteiger partial charge on any atom is 0.124 e. The number of hydrazone groups is 1. The van der Waals surface area contributed by atoms with Gasteiger partial charge in [-0.25, -0.2) is 8.42 Å². The van der Waals surface area contributed by atoms with Crippen molar-refractivity contribution >= 4 is 22.0 Å². The number of unbranched alkanes of at least 4 members (excludes halogenated alkanes) is 1. The Kier molecular flexibility index (Phi) is 6.34. The highest BCUT2D eigenvalue weighted by atomic mass is 32.2. The fourth-order valence-corrected chi connectivity index (χ4v) is 2.33. The first kappa shape index (κ1) is 18.0. The summed E-state index contributed by atoms with van der Waals surface area (Å²) < 4.78 is 38.1. The first-order valence-corrected chi connectivity index (χ1v) is 8.98. The van der Waals surface area contributed by atoms with Crippen LogP contribution in [0.25, 0.3) is 0 Å². The minimum Gasteiger partial charge on any atom is -0.744 e. The lowest BCUT2D eigenvalue weighted by atomic mass is 10.2. The SMILES string of the molecule is CCCCOc1ccc(/C=N/Nc2ccc(S(=O)(=O)[O-])cc2)cc1. The molecule has 0 aliphatic heterocycles. The normalized spacial score (nSPS) is 11.6. The molecule has 0 aromatic heterocycles. The van der Waals surface area contributed by atoms with Crippen LogP contribution in [-0.4, -0.2) is 25.8 Å². The first-order chi connectivity index (χ1) is 11.5. The van der Waals surface area contributed by atoms with Crippen LogP contribution in [0.2, 0.25) is 0 Å². The molecule has 128 valence electrons. The lowest BCUT2D eigenvalue weighted by Gasteiger charge is -2.07. The van der Waals surface area contributed by atoms with E-state index in [-0.39, 0.29) is 4.90 Å². The molecular weight excluding hydrogens is 328 g/mol. The standard InChI is InChI=1S/C17H20N2O4S/c1-2-3-12-23-16-8-4-14(5-9-16)13-18-19-15-6-10-17(11-7-15)24(20,21)22/h4-11,13,19H,2-3,12H2,1H3,(H,20,21,22)/p-1/b18-13+. The van der Waals surface area contributed by atoms with Gasteiger partial charge in [0.1, 0.15) is 15.9 Å². The topological polar surface area (TPSA) is 90.8 Å². The van der Waals surface area contributed by atoms with E-state index in [4.69, 9.17) is 4.74 Å². The van der Waals surface area contributed by atoms with E-state index in [1.807, 2.05) is 24.3 Å². The monoisotopic (exact) mass is 347 g/mol. The molecule has 0 aliphatic carbocycles. The van der Waals surface area contributed by atoms with Crippen LogP contribution < -0.4 is 10.2 Å². The van der Waals surface area contributed by atoms with Crippen LogP contribution in [-0.2, 0) is 10.1 Å². The lowest BCUT2D eigenvalue weighted by Crippen LogP contribution is -1.98. The van der Waals surface area contributed by atoms with Crippen LogP contribution in [0.15, 0.2) is 58.5 Å². The lowest BCUT2D eigenvalue weighted by molar-refractivity contribution is 0.309. The zero-order valence-corrected chi connectivity index (χ0v) is 14.1. The molecule has 0 bridgehead atoms. The van der Waals surface area contributed by atoms with E-state index in [2.05, 4.69) is 17.5 Å². The second-order valence-electron chi connectivity index (χ2n) is 5.12. The molecule has 0 heterocycles. The Morgan fingerprint density at radius 1 is 1.12 bits per heavy atom. The molecule has 0 amide bonds. The summed E-state index contributed by atoms with van der Waals surface area (Å²) in [6.07, 6.45) is 3.76. The summed E-state index contributed by atoms with van der Waals surface area (Å²) in [5, 5.41) is 4.07. The Morgan fingerprint density at radius 2 is 1.79 bits per heavy atom. The number of ether oxygens (including phenoxy) is 1. The van der Waals surface area contributed by atoms with Gasteiger partial charge in [-0.05, 0) is 60.5 Å². The van der Waals surface area contributed by atoms with E-state index in [9.17, 15) is 13.0 Å². The van der Waals surface area contributed by atoms with Crippen molar-refractivity contribution in [3.63, 3.8) is 0 Å². The largest absolute Gasteiger partial charge is 0.744 e. The Balaban J connectivity index is 1.89. The summed E-state index contributed by atoms with van der Waals surface area (Å²) in [4.78, 5) is -0.268. The van der Waals surface area contributed by atoms with E-state index >= 15 is 0 Å². The molecule has 6 nitrogen and oxygen atoms in total. The van der Waals surface area contributed by atoms with Crippen LogP contribution in [0.3, 0.4) is 0 Å². The highest BCUT2D eigenvalue weighted by Crippen LogP contribution is 2.14. The molecule has 0 saturated heterocycles. The van der Waals surface area contributed by atoms with E-state index < -0.39 is 10.1 Å². The highest BCUT2D eigenvalue weighted by Gasteiger charge is 2.00. The molecule has 1 N–H and O–H groups in total. The molecule has 0 aliphatic rings. The van der Waals surface area contributed by atoms with Crippen LogP contribution in [0.1, 0.15) is 25.3 Å². The quantitative estimate of drug-likeness (QED) is 0.343. The van der Waals surface area contributed by atoms with Gasteiger partial charge in [-0.15, -0.1) is 0 Å². The summed E-state index contributed by atoms with van der Waals surface area (Å²) in [5.41, 5.74) is 4.24. The van der Waals surface area contributed by atoms with Gasteiger partial charge in [-0.3, -0.25) is 5.43 Å². The number of hydrogen-bond acceptors (Lipinski definition) is 6. The van der Waals surface area contributed by atoms with Gasteiger partial charge < -0.3 is 9.29 Å². The van der Waals surface area contributed by atoms with E-state index in [1.165, 1.54) is 24.3 Å². The number of hydrogen-bond donors (Lipinski definition) is 1. The second kappa shape index (κ2) is 8.47. The van der Waals surface area contributed by atoms with Gasteiger partial charge in [0, 0.05) is 0 Å². The molecule has 0 saturated carbocycles. The fraction of sp³-hybridized carbons (Fsp3) is 0.235. The van der Waals surface area contributed by atoms with Crippen molar-refractivity contribution in [1.82, 2.24) is 0 Å². The predicted molar refractivity (Wildman–Crippen MR) is 92.5 cm³/mol. The van der Waals surface area contributed by atoms with Crippen LogP contribution in [0.5, 0.6) is 5.75 Å². The summed E-state index contributed by atoms with van der Waals surface area (Å²) in [6.45, 7) is 2.82. The van der Waals surface area contributed by atoms with Crippen molar-refractivity contribution in [1.29, 1.82) is 0 Å². The number of nitrogens with zero attached hydrogens (tertiary/aromatic N) is 1. The third-order valence-corrected chi connectivity index (χ3v) is 4.05. The minimum absolute atomic E-state index is 0.268. The highest BCUT2D eigenvalue weighted by molar-refractivity contribution is 7.85. The maximum absolute atomic E-state index is 10.8. The molecule has 7 heteroatoms. The van der Waals surface area contributed by atoms with E-state index in [1.54, 1.807) is 6.21 Å². The van der Waals surface area contributed by atoms with Crippen LogP contribution in [0, 0.1) is 0 Å². The third kappa shape index (κ3) is 5.68. The van der Waals surface area contributed by atoms with Crippen LogP contribution in [0.4, 0.5) is 5.69 Å². The average molecular weight is 347 g/mol. The van der Waals surface area contributed by atoms with Crippen molar-refractivity contribution < 1.29 is 17.7 Å². The predicted octanol–water partition coefficient (Wildman–Crippen LogP) is 3.22. The minimum atomic E-state index is -4.42. The molecule has 0 unspecified atom stereocenters. The van der Waals surface area contributed by atoms with Gasteiger partial charge in [0.05, 0.1) is 23.4 Å². The van der Waals surface area contributed by atoms with Crippen molar-refractivity contribution in [2.45, 2.75) is 24.7 Å². The van der Waals surface area contributed by atoms with Gasteiger partial charge in [0.25, 0.3) is 0 Å². The molecule has 0 atom stereocenters. The van der Waals surface area contributed by atoms with Crippen molar-refractivity contribution in [2.24, 2.45) is 5.10 Å². The molecule has 2 aromatic rings. The Hall–Kier alpha value is -2.38. The van der Waals surface area contributed by atoms with E-state index in [0.29, 0.717) is 12.3 Å². The van der Waals surface area contributed by atoms with Crippen molar-refractivity contribution in [3.8, 4) is 5.75 Å². The third-order valence-electron chi connectivity index (χ3n) is 3.20.